The molecule has 24 heavy (non-hydrogen) atoms. The van der Waals surface area contributed by atoms with Crippen LogP contribution in [0.2, 0.25) is 0 Å². The molecule has 0 aromatic heterocycles. The highest BCUT2D eigenvalue weighted by molar-refractivity contribution is 5.68. The van der Waals surface area contributed by atoms with Crippen molar-refractivity contribution in [2.45, 2.75) is 57.6 Å². The zero-order valence-electron chi connectivity index (χ0n) is 13.6. The maximum absolute atomic E-state index is 11.4. The van der Waals surface area contributed by atoms with Gasteiger partial charge in [0.25, 0.3) is 0 Å². The number of carbonyl (C=O) groups excluding carboxylic acids is 3. The van der Waals surface area contributed by atoms with E-state index in [9.17, 15) is 19.5 Å². The van der Waals surface area contributed by atoms with Gasteiger partial charge in [0.2, 0.25) is 0 Å². The standard InChI is InChI=1S/C14H19NO9/c1-6(16)21-11-10(9(19)5-15)24-14(20-4)13(23-8(3)18)12(11)22-7(2)17/h9-14,19H,1-4H3/t9-,10-,11-,12+,13+,14+/m1/s1. The number of hydrogen-bond donors (Lipinski definition) is 1. The zero-order chi connectivity index (χ0) is 18.4. The number of nitriles is 1. The van der Waals surface area contributed by atoms with Crippen molar-refractivity contribution in [3.8, 4) is 6.07 Å². The smallest absolute Gasteiger partial charge is 0.303 e. The summed E-state index contributed by atoms with van der Waals surface area (Å²) in [7, 11) is 1.23. The highest BCUT2D eigenvalue weighted by Crippen LogP contribution is 2.30. The van der Waals surface area contributed by atoms with E-state index in [0.29, 0.717) is 0 Å². The third-order valence-corrected chi connectivity index (χ3v) is 3.11. The second-order valence-electron chi connectivity index (χ2n) is 5.00. The molecule has 0 aliphatic carbocycles. The average molecular weight is 345 g/mol. The van der Waals surface area contributed by atoms with Crippen LogP contribution in [-0.2, 0) is 38.1 Å². The van der Waals surface area contributed by atoms with Gasteiger partial charge in [-0.25, -0.2) is 0 Å². The third kappa shape index (κ3) is 4.89. The zero-order valence-corrected chi connectivity index (χ0v) is 13.6. The van der Waals surface area contributed by atoms with E-state index >= 15 is 0 Å². The number of ether oxygens (including phenoxy) is 5. The van der Waals surface area contributed by atoms with Gasteiger partial charge in [0, 0.05) is 27.9 Å². The molecule has 10 heteroatoms. The van der Waals surface area contributed by atoms with Crippen molar-refractivity contribution in [2.24, 2.45) is 0 Å². The van der Waals surface area contributed by atoms with E-state index in [2.05, 4.69) is 0 Å². The summed E-state index contributed by atoms with van der Waals surface area (Å²) >= 11 is 0. The molecule has 0 spiro atoms. The first kappa shape index (κ1) is 19.8. The summed E-state index contributed by atoms with van der Waals surface area (Å²) in [6, 6.07) is 1.55. The summed E-state index contributed by atoms with van der Waals surface area (Å²) in [5, 5.41) is 18.7. The molecule has 1 fully saturated rings. The van der Waals surface area contributed by atoms with Crippen LogP contribution in [0.3, 0.4) is 0 Å². The molecule has 1 aliphatic heterocycles. The Balaban J connectivity index is 3.29. The van der Waals surface area contributed by atoms with Crippen LogP contribution in [0.1, 0.15) is 20.8 Å². The minimum atomic E-state index is -1.71. The SMILES string of the molecule is CO[C@H]1O[C@H]([C@H](O)C#N)[C@@H](OC(C)=O)[C@H](OC(C)=O)[C@@H]1OC(C)=O. The predicted octanol–water partition coefficient (Wildman–Crippen LogP) is -0.963. The molecule has 0 radical (unpaired) electrons. The van der Waals surface area contributed by atoms with Gasteiger partial charge in [-0.05, 0) is 0 Å². The number of esters is 3. The highest BCUT2D eigenvalue weighted by Gasteiger charge is 2.54. The van der Waals surface area contributed by atoms with Crippen LogP contribution in [0.5, 0.6) is 0 Å². The maximum atomic E-state index is 11.4. The summed E-state index contributed by atoms with van der Waals surface area (Å²) in [5.41, 5.74) is 0. The summed E-state index contributed by atoms with van der Waals surface area (Å²) in [5.74, 6) is -2.24. The fourth-order valence-corrected chi connectivity index (χ4v) is 2.32. The van der Waals surface area contributed by atoms with Crippen molar-refractivity contribution in [3.05, 3.63) is 0 Å². The average Bonchev–Trinajstić information content (AvgIpc) is 2.48. The second-order valence-corrected chi connectivity index (χ2v) is 5.00. The fourth-order valence-electron chi connectivity index (χ4n) is 2.32. The van der Waals surface area contributed by atoms with Gasteiger partial charge >= 0.3 is 17.9 Å². The van der Waals surface area contributed by atoms with E-state index in [1.807, 2.05) is 0 Å². The number of hydrogen-bond acceptors (Lipinski definition) is 10. The van der Waals surface area contributed by atoms with Gasteiger partial charge in [0.05, 0.1) is 6.07 Å². The molecular formula is C14H19NO9. The molecule has 10 nitrogen and oxygen atoms in total. The first-order valence-electron chi connectivity index (χ1n) is 6.98. The maximum Gasteiger partial charge on any atom is 0.303 e. The number of methoxy groups -OCH3 is 1. The predicted molar refractivity (Wildman–Crippen MR) is 74.0 cm³/mol. The molecule has 0 saturated carbocycles. The van der Waals surface area contributed by atoms with Crippen LogP contribution in [0.15, 0.2) is 0 Å². The Morgan fingerprint density at radius 3 is 1.88 bits per heavy atom. The van der Waals surface area contributed by atoms with Crippen molar-refractivity contribution >= 4 is 17.9 Å². The van der Waals surface area contributed by atoms with E-state index in [4.69, 9.17) is 28.9 Å². The van der Waals surface area contributed by atoms with E-state index in [0.717, 1.165) is 20.8 Å². The molecule has 134 valence electrons. The lowest BCUT2D eigenvalue weighted by atomic mass is 9.95. The Hall–Kier alpha value is -2.22. The van der Waals surface area contributed by atoms with Crippen molar-refractivity contribution in [3.63, 3.8) is 0 Å². The van der Waals surface area contributed by atoms with Crippen LogP contribution in [-0.4, -0.2) is 66.9 Å². The minimum Gasteiger partial charge on any atom is -0.455 e. The second kappa shape index (κ2) is 8.58. The van der Waals surface area contributed by atoms with Crippen LogP contribution in [0, 0.1) is 11.3 Å². The molecule has 1 heterocycles. The van der Waals surface area contributed by atoms with Crippen LogP contribution >= 0.6 is 0 Å². The molecule has 1 rings (SSSR count). The van der Waals surface area contributed by atoms with E-state index in [1.165, 1.54) is 7.11 Å². The Morgan fingerprint density at radius 1 is 1.00 bits per heavy atom. The summed E-state index contributed by atoms with van der Waals surface area (Å²) < 4.78 is 25.6. The largest absolute Gasteiger partial charge is 0.455 e. The molecule has 1 aliphatic rings. The van der Waals surface area contributed by atoms with E-state index in [-0.39, 0.29) is 0 Å². The van der Waals surface area contributed by atoms with Gasteiger partial charge in [-0.15, -0.1) is 0 Å². The molecule has 0 amide bonds. The number of rotatable bonds is 5. The van der Waals surface area contributed by atoms with Crippen molar-refractivity contribution in [1.82, 2.24) is 0 Å². The van der Waals surface area contributed by atoms with Gasteiger partial charge in [-0.1, -0.05) is 0 Å². The van der Waals surface area contributed by atoms with Crippen molar-refractivity contribution < 1.29 is 43.2 Å². The fraction of sp³-hybridized carbons (Fsp3) is 0.714. The Labute approximate surface area is 138 Å². The number of aliphatic hydroxyl groups is 1. The van der Waals surface area contributed by atoms with Crippen molar-refractivity contribution in [1.29, 1.82) is 5.26 Å². The molecular weight excluding hydrogens is 326 g/mol. The molecule has 0 bridgehead atoms. The highest BCUT2D eigenvalue weighted by atomic mass is 16.7. The van der Waals surface area contributed by atoms with Gasteiger partial charge < -0.3 is 28.8 Å². The van der Waals surface area contributed by atoms with Crippen LogP contribution in [0.4, 0.5) is 0 Å². The van der Waals surface area contributed by atoms with Crippen molar-refractivity contribution in [2.75, 3.05) is 7.11 Å². The molecule has 1 N–H and O–H groups in total. The first-order chi connectivity index (χ1) is 11.2. The quantitative estimate of drug-likeness (QED) is 0.376. The lowest BCUT2D eigenvalue weighted by Crippen LogP contribution is -2.64. The summed E-state index contributed by atoms with van der Waals surface area (Å²) in [6.45, 7) is 3.31. The first-order valence-corrected chi connectivity index (χ1v) is 6.98. The molecule has 1 saturated heterocycles. The normalized spacial score (nSPS) is 30.6. The van der Waals surface area contributed by atoms with E-state index in [1.54, 1.807) is 6.07 Å². The molecule has 0 aromatic carbocycles. The Bertz CT molecular complexity index is 529. The lowest BCUT2D eigenvalue weighted by molar-refractivity contribution is -0.306. The third-order valence-electron chi connectivity index (χ3n) is 3.11. The van der Waals surface area contributed by atoms with Gasteiger partial charge in [-0.3, -0.25) is 14.4 Å². The number of carbonyl (C=O) groups is 3. The minimum absolute atomic E-state index is 0.719. The van der Waals surface area contributed by atoms with Gasteiger partial charge in [0.1, 0.15) is 6.10 Å². The van der Waals surface area contributed by atoms with Gasteiger partial charge in [-0.2, -0.15) is 5.26 Å². The number of nitrogens with zero attached hydrogens (tertiary/aromatic N) is 1. The molecule has 0 aromatic rings. The monoisotopic (exact) mass is 345 g/mol. The van der Waals surface area contributed by atoms with Crippen LogP contribution < -0.4 is 0 Å². The number of aliphatic hydroxyl groups excluding tert-OH is 1. The summed E-state index contributed by atoms with van der Waals surface area (Å²) in [4.78, 5) is 34.1. The van der Waals surface area contributed by atoms with Crippen LogP contribution in [0.25, 0.3) is 0 Å². The summed E-state index contributed by atoms with van der Waals surface area (Å²) in [6.07, 6.45) is -8.30. The van der Waals surface area contributed by atoms with E-state index < -0.39 is 54.7 Å². The molecule has 0 unspecified atom stereocenters. The lowest BCUT2D eigenvalue weighted by Gasteiger charge is -2.44. The van der Waals surface area contributed by atoms with Gasteiger partial charge in [0.15, 0.2) is 30.7 Å². The molecule has 6 atom stereocenters. The topological polar surface area (TPSA) is 141 Å². The Kier molecular flexibility index (Phi) is 7.09. The Morgan fingerprint density at radius 2 is 1.46 bits per heavy atom.